The molecule has 1 heterocycles. The van der Waals surface area contributed by atoms with Gasteiger partial charge in [-0.25, -0.2) is 0 Å². The smallest absolute Gasteiger partial charge is 0.169 e. The van der Waals surface area contributed by atoms with Crippen molar-refractivity contribution < 1.29 is 4.79 Å². The molecule has 0 spiro atoms. The molecule has 3 rings (SSSR count). The van der Waals surface area contributed by atoms with Gasteiger partial charge in [0.25, 0.3) is 0 Å². The van der Waals surface area contributed by atoms with Crippen LogP contribution in [-0.2, 0) is 6.42 Å². The van der Waals surface area contributed by atoms with Crippen LogP contribution in [0.3, 0.4) is 0 Å². The molecule has 3 heteroatoms. The van der Waals surface area contributed by atoms with Crippen molar-refractivity contribution >= 4 is 28.3 Å². The molecule has 100 valence electrons. The van der Waals surface area contributed by atoms with E-state index in [4.69, 9.17) is 11.6 Å². The number of benzene rings is 2. The van der Waals surface area contributed by atoms with Crippen molar-refractivity contribution in [1.29, 1.82) is 0 Å². The summed E-state index contributed by atoms with van der Waals surface area (Å²) in [6, 6.07) is 13.5. The number of rotatable bonds is 3. The van der Waals surface area contributed by atoms with Crippen molar-refractivity contribution in [1.82, 2.24) is 4.98 Å². The predicted molar refractivity (Wildman–Crippen MR) is 82.5 cm³/mol. The molecule has 1 aromatic heterocycles. The fourth-order valence-electron chi connectivity index (χ4n) is 2.38. The van der Waals surface area contributed by atoms with Crippen LogP contribution >= 0.6 is 11.6 Å². The second-order valence-corrected chi connectivity index (χ2v) is 5.35. The van der Waals surface area contributed by atoms with Gasteiger partial charge in [0.2, 0.25) is 0 Å². The number of ketones is 1. The van der Waals surface area contributed by atoms with Crippen LogP contribution in [0, 0.1) is 6.92 Å². The zero-order valence-electron chi connectivity index (χ0n) is 11.1. The van der Waals surface area contributed by atoms with E-state index in [-0.39, 0.29) is 5.78 Å². The molecule has 2 aromatic carbocycles. The Labute approximate surface area is 122 Å². The van der Waals surface area contributed by atoms with Gasteiger partial charge in [0, 0.05) is 34.1 Å². The number of nitrogens with one attached hydrogen (secondary N) is 1. The van der Waals surface area contributed by atoms with Gasteiger partial charge in [0.1, 0.15) is 0 Å². The minimum absolute atomic E-state index is 0.0787. The molecule has 1 N–H and O–H groups in total. The number of H-pyrrole nitrogens is 1. The van der Waals surface area contributed by atoms with E-state index in [9.17, 15) is 4.79 Å². The predicted octanol–water partition coefficient (Wildman–Crippen LogP) is 4.56. The maximum atomic E-state index is 12.5. The zero-order valence-corrected chi connectivity index (χ0v) is 11.9. The number of hydrogen-bond acceptors (Lipinski definition) is 1. The Bertz CT molecular complexity index is 789. The van der Waals surface area contributed by atoms with Gasteiger partial charge in [-0.15, -0.1) is 0 Å². The van der Waals surface area contributed by atoms with Crippen LogP contribution in [-0.4, -0.2) is 10.8 Å². The normalized spacial score (nSPS) is 10.9. The number of halogens is 1. The van der Waals surface area contributed by atoms with Gasteiger partial charge in [-0.05, 0) is 30.7 Å². The van der Waals surface area contributed by atoms with E-state index < -0.39 is 0 Å². The fourth-order valence-corrected chi connectivity index (χ4v) is 2.58. The zero-order chi connectivity index (χ0) is 14.1. The highest BCUT2D eigenvalue weighted by molar-refractivity contribution is 6.31. The van der Waals surface area contributed by atoms with E-state index in [1.165, 1.54) is 0 Å². The lowest BCUT2D eigenvalue weighted by atomic mass is 10.0. The maximum absolute atomic E-state index is 12.5. The number of aryl methyl sites for hydroxylation is 1. The van der Waals surface area contributed by atoms with E-state index >= 15 is 0 Å². The Morgan fingerprint density at radius 2 is 2.00 bits per heavy atom. The Balaban J connectivity index is 1.97. The van der Waals surface area contributed by atoms with Crippen LogP contribution in [0.25, 0.3) is 10.9 Å². The molecule has 0 saturated carbocycles. The highest BCUT2D eigenvalue weighted by Crippen LogP contribution is 2.23. The summed E-state index contributed by atoms with van der Waals surface area (Å²) in [5.74, 6) is 0.0787. The summed E-state index contributed by atoms with van der Waals surface area (Å²) in [7, 11) is 0. The molecule has 0 aliphatic carbocycles. The number of hydrogen-bond donors (Lipinski definition) is 1. The van der Waals surface area contributed by atoms with E-state index in [1.807, 2.05) is 49.4 Å². The van der Waals surface area contributed by atoms with Gasteiger partial charge in [0.15, 0.2) is 5.78 Å². The molecule has 0 unspecified atom stereocenters. The minimum atomic E-state index is 0.0787. The molecule has 0 radical (unpaired) electrons. The minimum Gasteiger partial charge on any atom is -0.360 e. The SMILES string of the molecule is Cc1ccc2[nH]cc(C(=O)Cc3ccccc3Cl)c2c1. The van der Waals surface area contributed by atoms with Crippen molar-refractivity contribution in [3.63, 3.8) is 0 Å². The van der Waals surface area contributed by atoms with Gasteiger partial charge < -0.3 is 4.98 Å². The summed E-state index contributed by atoms with van der Waals surface area (Å²) in [4.78, 5) is 15.6. The molecule has 0 amide bonds. The summed E-state index contributed by atoms with van der Waals surface area (Å²) in [5.41, 5.74) is 3.71. The average Bonchev–Trinajstić information content (AvgIpc) is 2.84. The van der Waals surface area contributed by atoms with Crippen molar-refractivity contribution in [2.45, 2.75) is 13.3 Å². The molecule has 0 bridgehead atoms. The topological polar surface area (TPSA) is 32.9 Å². The number of aromatic amines is 1. The molecule has 0 fully saturated rings. The molecule has 3 aromatic rings. The van der Waals surface area contributed by atoms with Gasteiger partial charge >= 0.3 is 0 Å². The molecule has 20 heavy (non-hydrogen) atoms. The lowest BCUT2D eigenvalue weighted by molar-refractivity contribution is 0.0994. The first-order valence-corrected chi connectivity index (χ1v) is 6.87. The highest BCUT2D eigenvalue weighted by atomic mass is 35.5. The second kappa shape index (κ2) is 5.14. The standard InChI is InChI=1S/C17H14ClNO/c1-11-6-7-16-13(8-11)14(10-19-16)17(20)9-12-4-2-3-5-15(12)18/h2-8,10,19H,9H2,1H3. The van der Waals surface area contributed by atoms with Crippen molar-refractivity contribution in [3.8, 4) is 0 Å². The Kier molecular flexibility index (Phi) is 3.33. The summed E-state index contributed by atoms with van der Waals surface area (Å²) in [5, 5.41) is 1.61. The van der Waals surface area contributed by atoms with E-state index in [0.29, 0.717) is 11.4 Å². The van der Waals surface area contributed by atoms with Crippen LogP contribution in [0.4, 0.5) is 0 Å². The van der Waals surface area contributed by atoms with Gasteiger partial charge in [-0.3, -0.25) is 4.79 Å². The largest absolute Gasteiger partial charge is 0.360 e. The third-order valence-electron chi connectivity index (χ3n) is 3.45. The number of fused-ring (bicyclic) bond motifs is 1. The van der Waals surface area contributed by atoms with Crippen LogP contribution in [0.15, 0.2) is 48.7 Å². The fraction of sp³-hybridized carbons (Fsp3) is 0.118. The van der Waals surface area contributed by atoms with Gasteiger partial charge in [-0.1, -0.05) is 41.4 Å². The molecule has 0 aliphatic rings. The molecule has 0 aliphatic heterocycles. The van der Waals surface area contributed by atoms with Crippen molar-refractivity contribution in [2.75, 3.05) is 0 Å². The number of carbonyl (C=O) groups is 1. The second-order valence-electron chi connectivity index (χ2n) is 4.94. The quantitative estimate of drug-likeness (QED) is 0.703. The molecule has 0 saturated heterocycles. The van der Waals surface area contributed by atoms with Gasteiger partial charge in [0.05, 0.1) is 0 Å². The summed E-state index contributed by atoms with van der Waals surface area (Å²) >= 11 is 6.11. The lowest BCUT2D eigenvalue weighted by Gasteiger charge is -2.03. The first kappa shape index (κ1) is 12.9. The van der Waals surface area contributed by atoms with E-state index in [0.717, 1.165) is 27.6 Å². The molecular weight excluding hydrogens is 270 g/mol. The first-order chi connectivity index (χ1) is 9.65. The van der Waals surface area contributed by atoms with Crippen molar-refractivity contribution in [3.05, 3.63) is 70.4 Å². The van der Waals surface area contributed by atoms with Crippen LogP contribution in [0.2, 0.25) is 5.02 Å². The summed E-state index contributed by atoms with van der Waals surface area (Å²) < 4.78 is 0. The molecular formula is C17H14ClNO. The van der Waals surface area contributed by atoms with Crippen LogP contribution in [0.5, 0.6) is 0 Å². The lowest BCUT2D eigenvalue weighted by Crippen LogP contribution is -2.03. The monoisotopic (exact) mass is 283 g/mol. The summed E-state index contributed by atoms with van der Waals surface area (Å²) in [6.45, 7) is 2.02. The third kappa shape index (κ3) is 2.35. The Morgan fingerprint density at radius 3 is 2.80 bits per heavy atom. The van der Waals surface area contributed by atoms with E-state index in [2.05, 4.69) is 4.98 Å². The molecule has 2 nitrogen and oxygen atoms in total. The maximum Gasteiger partial charge on any atom is 0.169 e. The Hall–Kier alpha value is -2.06. The van der Waals surface area contributed by atoms with Crippen molar-refractivity contribution in [2.24, 2.45) is 0 Å². The van der Waals surface area contributed by atoms with Gasteiger partial charge in [-0.2, -0.15) is 0 Å². The molecule has 0 atom stereocenters. The third-order valence-corrected chi connectivity index (χ3v) is 3.82. The number of Topliss-reactive ketones (excluding diaryl/α,β-unsaturated/α-hetero) is 1. The number of aromatic nitrogens is 1. The van der Waals surface area contributed by atoms with E-state index in [1.54, 1.807) is 6.20 Å². The first-order valence-electron chi connectivity index (χ1n) is 6.49. The highest BCUT2D eigenvalue weighted by Gasteiger charge is 2.14. The number of carbonyl (C=O) groups excluding carboxylic acids is 1. The average molecular weight is 284 g/mol. The van der Waals surface area contributed by atoms with Crippen LogP contribution < -0.4 is 0 Å². The van der Waals surface area contributed by atoms with Crippen LogP contribution in [0.1, 0.15) is 21.5 Å². The Morgan fingerprint density at radius 1 is 1.20 bits per heavy atom. The summed E-state index contributed by atoms with van der Waals surface area (Å²) in [6.07, 6.45) is 2.10.